The molecule has 0 bridgehead atoms. The van der Waals surface area contributed by atoms with E-state index >= 15 is 0 Å². The number of phosphoric acid groups is 1. The molecule has 0 radical (unpaired) electrons. The van der Waals surface area contributed by atoms with Crippen LogP contribution in [0.4, 0.5) is 0 Å². The van der Waals surface area contributed by atoms with E-state index in [0.29, 0.717) is 6.61 Å². The third kappa shape index (κ3) is 56.3. The monoisotopic (exact) mass is 412 g/mol. The van der Waals surface area contributed by atoms with Crippen LogP contribution < -0.4 is 169 Å². The normalized spacial score (nSPS) is 9.77. The van der Waals surface area contributed by atoms with Crippen molar-refractivity contribution in [1.82, 2.24) is 0 Å². The molecule has 0 aliphatic heterocycles. The van der Waals surface area contributed by atoms with Crippen molar-refractivity contribution in [2.75, 3.05) is 6.61 Å². The summed E-state index contributed by atoms with van der Waals surface area (Å²) in [6, 6.07) is 0. The van der Waals surface area contributed by atoms with Gasteiger partial charge in [0.15, 0.2) is 0 Å². The van der Waals surface area contributed by atoms with E-state index in [-0.39, 0.29) is 154 Å². The second-order valence-corrected chi connectivity index (χ2v) is 6.08. The maximum Gasteiger partial charge on any atom is 1.00 e. The van der Waals surface area contributed by atoms with E-state index in [0.717, 1.165) is 12.3 Å². The molecule has 0 saturated carbocycles. The molecule has 0 fully saturated rings. The fourth-order valence-corrected chi connectivity index (χ4v) is 1.73. The van der Waals surface area contributed by atoms with Gasteiger partial charge in [0.05, 0.1) is 0 Å². The van der Waals surface area contributed by atoms with Crippen molar-refractivity contribution in [1.29, 1.82) is 0 Å². The molecule has 0 aromatic carbocycles. The van der Waals surface area contributed by atoms with E-state index in [1.807, 2.05) is 0 Å². The zero-order valence-electron chi connectivity index (χ0n) is 15.2. The SMILES string of the molecule is CC(C)CCCCCCCCCCO.O=P([O-])([O-])[O-].[K+].[K+].[K+]. The molecule has 0 spiro atoms. The molecule has 118 valence electrons. The Hall–Kier alpha value is 4.98. The molecule has 0 saturated heterocycles. The van der Waals surface area contributed by atoms with Crippen molar-refractivity contribution >= 4 is 7.82 Å². The van der Waals surface area contributed by atoms with Crippen molar-refractivity contribution < 1.29 is 179 Å². The van der Waals surface area contributed by atoms with Gasteiger partial charge in [-0.25, -0.2) is 0 Å². The van der Waals surface area contributed by atoms with Crippen molar-refractivity contribution in [2.45, 2.75) is 71.6 Å². The third-order valence-corrected chi connectivity index (χ3v) is 2.69. The zero-order chi connectivity index (χ0) is 15.1. The Balaban J connectivity index is -0.000000105. The van der Waals surface area contributed by atoms with Crippen molar-refractivity contribution in [3.63, 3.8) is 0 Å². The van der Waals surface area contributed by atoms with Crippen LogP contribution in [0, 0.1) is 5.92 Å². The molecule has 22 heavy (non-hydrogen) atoms. The van der Waals surface area contributed by atoms with Gasteiger partial charge < -0.3 is 24.4 Å². The number of hydrogen-bond donors (Lipinski definition) is 1. The first-order chi connectivity index (χ1) is 8.77. The molecule has 0 atom stereocenters. The molecule has 0 rings (SSSR count). The number of aliphatic hydroxyl groups excluding tert-OH is 1. The molecule has 0 aliphatic carbocycles. The molecule has 5 nitrogen and oxygen atoms in total. The van der Waals surface area contributed by atoms with Crippen LogP contribution in [0.1, 0.15) is 71.6 Å². The molecule has 1 N–H and O–H groups in total. The molecule has 0 aromatic rings. The first-order valence-electron chi connectivity index (χ1n) is 7.11. The standard InChI is InChI=1S/C13H28O.3K.H3O4P/c1-13(2)11-9-7-5-3-4-6-8-10-12-14;;;;1-5(2,3)4/h13-14H,3-12H2,1-2H3;;;;(H3,1,2,3,4)/q;3*+1;/p-3. The van der Waals surface area contributed by atoms with Gasteiger partial charge >= 0.3 is 154 Å². The maximum absolute atomic E-state index is 8.59. The van der Waals surface area contributed by atoms with Gasteiger partial charge in [0.2, 0.25) is 0 Å². The van der Waals surface area contributed by atoms with E-state index in [1.165, 1.54) is 51.4 Å². The first kappa shape index (κ1) is 37.7. The quantitative estimate of drug-likeness (QED) is 0.218. The van der Waals surface area contributed by atoms with Gasteiger partial charge in [-0.2, -0.15) is 7.82 Å². The van der Waals surface area contributed by atoms with Crippen LogP contribution in [0.5, 0.6) is 0 Å². The van der Waals surface area contributed by atoms with E-state index < -0.39 is 7.82 Å². The van der Waals surface area contributed by atoms with Gasteiger partial charge in [-0.3, -0.25) is 0 Å². The predicted octanol–water partition coefficient (Wildman–Crippen LogP) is -7.67. The average Bonchev–Trinajstić information content (AvgIpc) is 2.24. The average molecular weight is 413 g/mol. The molecular formula is C13H28K3O5P. The summed E-state index contributed by atoms with van der Waals surface area (Å²) in [4.78, 5) is 25.6. The minimum atomic E-state index is -5.39. The molecule has 0 aromatic heterocycles. The van der Waals surface area contributed by atoms with E-state index in [2.05, 4.69) is 13.8 Å². The number of unbranched alkanes of at least 4 members (excludes halogenated alkanes) is 7. The first-order valence-corrected chi connectivity index (χ1v) is 8.57. The minimum Gasteiger partial charge on any atom is -0.822 e. The fourth-order valence-electron chi connectivity index (χ4n) is 1.73. The Morgan fingerprint density at radius 2 is 1.05 bits per heavy atom. The second-order valence-electron chi connectivity index (χ2n) is 5.18. The van der Waals surface area contributed by atoms with Gasteiger partial charge in [-0.05, 0) is 12.3 Å². The number of rotatable bonds is 10. The predicted molar refractivity (Wildman–Crippen MR) is 71.1 cm³/mol. The van der Waals surface area contributed by atoms with Crippen LogP contribution in [-0.2, 0) is 4.57 Å². The van der Waals surface area contributed by atoms with Crippen LogP contribution in [0.3, 0.4) is 0 Å². The van der Waals surface area contributed by atoms with Crippen LogP contribution >= 0.6 is 7.82 Å². The van der Waals surface area contributed by atoms with Gasteiger partial charge in [-0.1, -0.05) is 65.2 Å². The number of hydrogen-bond acceptors (Lipinski definition) is 5. The van der Waals surface area contributed by atoms with Crippen molar-refractivity contribution in [3.8, 4) is 0 Å². The molecule has 0 unspecified atom stereocenters. The summed E-state index contributed by atoms with van der Waals surface area (Å²) in [5.74, 6) is 0.875. The van der Waals surface area contributed by atoms with Crippen LogP contribution in [-0.4, -0.2) is 11.7 Å². The summed E-state index contributed by atoms with van der Waals surface area (Å²) in [5.41, 5.74) is 0. The zero-order valence-corrected chi connectivity index (χ0v) is 25.4. The van der Waals surface area contributed by atoms with Gasteiger partial charge in [-0.15, -0.1) is 0 Å². The minimum absolute atomic E-state index is 0. The largest absolute Gasteiger partial charge is 1.00 e. The Morgan fingerprint density at radius 3 is 1.32 bits per heavy atom. The molecule has 9 heteroatoms. The molecule has 0 heterocycles. The molecular weight excluding hydrogens is 384 g/mol. The van der Waals surface area contributed by atoms with Gasteiger partial charge in [0.1, 0.15) is 0 Å². The van der Waals surface area contributed by atoms with Gasteiger partial charge in [0.25, 0.3) is 0 Å². The summed E-state index contributed by atoms with van der Waals surface area (Å²) in [6.07, 6.45) is 11.9. The topological polar surface area (TPSA) is 106 Å². The molecule has 0 amide bonds. The van der Waals surface area contributed by atoms with E-state index in [4.69, 9.17) is 24.4 Å². The van der Waals surface area contributed by atoms with Gasteiger partial charge in [0, 0.05) is 6.61 Å². The molecule has 0 aliphatic rings. The Labute approximate surface area is 264 Å². The van der Waals surface area contributed by atoms with Crippen molar-refractivity contribution in [3.05, 3.63) is 0 Å². The summed E-state index contributed by atoms with van der Waals surface area (Å²) < 4.78 is 8.55. The summed E-state index contributed by atoms with van der Waals surface area (Å²) in [7, 11) is -5.39. The summed E-state index contributed by atoms with van der Waals surface area (Å²) in [5, 5.41) is 8.59. The number of aliphatic hydroxyl groups is 1. The Kier molecular flexibility index (Phi) is 48.3. The van der Waals surface area contributed by atoms with E-state index in [9.17, 15) is 0 Å². The maximum atomic E-state index is 8.59. The second kappa shape index (κ2) is 28.2. The van der Waals surface area contributed by atoms with Crippen molar-refractivity contribution in [2.24, 2.45) is 5.92 Å². The van der Waals surface area contributed by atoms with Crippen LogP contribution in [0.25, 0.3) is 0 Å². The Morgan fingerprint density at radius 1 is 0.773 bits per heavy atom. The third-order valence-electron chi connectivity index (χ3n) is 2.69. The smallest absolute Gasteiger partial charge is 0.822 e. The van der Waals surface area contributed by atoms with Crippen LogP contribution in [0.2, 0.25) is 0 Å². The van der Waals surface area contributed by atoms with Crippen LogP contribution in [0.15, 0.2) is 0 Å². The fraction of sp³-hybridized carbons (Fsp3) is 1.00. The summed E-state index contributed by atoms with van der Waals surface area (Å²) >= 11 is 0. The Bertz CT molecular complexity index is 219. The summed E-state index contributed by atoms with van der Waals surface area (Å²) in [6.45, 7) is 4.97. The van der Waals surface area contributed by atoms with E-state index in [1.54, 1.807) is 0 Å².